The molecular formula is C25H20BrFN4O3. The maximum Gasteiger partial charge on any atom is 0.328 e. The maximum atomic E-state index is 14.0. The van der Waals surface area contributed by atoms with Gasteiger partial charge in [0.25, 0.3) is 5.91 Å². The minimum atomic E-state index is -0.937. The fourth-order valence-electron chi connectivity index (χ4n) is 3.42. The lowest BCUT2D eigenvalue weighted by Gasteiger charge is -2.13. The second-order valence-electron chi connectivity index (χ2n) is 7.43. The van der Waals surface area contributed by atoms with Crippen molar-refractivity contribution in [3.63, 3.8) is 0 Å². The molecule has 9 heteroatoms. The molecule has 0 radical (unpaired) electrons. The predicted octanol–water partition coefficient (Wildman–Crippen LogP) is 4.22. The van der Waals surface area contributed by atoms with E-state index in [9.17, 15) is 18.8 Å². The Morgan fingerprint density at radius 1 is 0.882 bits per heavy atom. The van der Waals surface area contributed by atoms with Crippen LogP contribution < -0.4 is 16.1 Å². The first-order valence-corrected chi connectivity index (χ1v) is 11.2. The zero-order valence-electron chi connectivity index (χ0n) is 17.8. The number of aromatic nitrogens is 1. The molecule has 4 rings (SSSR count). The van der Waals surface area contributed by atoms with Gasteiger partial charge in [-0.1, -0.05) is 58.4 Å². The highest BCUT2D eigenvalue weighted by atomic mass is 79.9. The summed E-state index contributed by atoms with van der Waals surface area (Å²) < 4.78 is 16.0. The molecular weight excluding hydrogens is 503 g/mol. The van der Waals surface area contributed by atoms with Crippen LogP contribution in [-0.4, -0.2) is 28.9 Å². The number of fused-ring (bicyclic) bond motifs is 1. The first-order chi connectivity index (χ1) is 16.4. The Balaban J connectivity index is 1.53. The van der Waals surface area contributed by atoms with Crippen LogP contribution in [0.15, 0.2) is 83.3 Å². The molecule has 34 heavy (non-hydrogen) atoms. The van der Waals surface area contributed by atoms with Crippen LogP contribution in [0.5, 0.6) is 0 Å². The van der Waals surface area contributed by atoms with Gasteiger partial charge in [0.2, 0.25) is 0 Å². The average molecular weight is 523 g/mol. The topological polar surface area (TPSA) is 92.2 Å². The van der Waals surface area contributed by atoms with E-state index in [0.29, 0.717) is 17.3 Å². The number of carbonyl (C=O) groups excluding carboxylic acids is 3. The van der Waals surface area contributed by atoms with Gasteiger partial charge < -0.3 is 10.6 Å². The van der Waals surface area contributed by atoms with Crippen LogP contribution >= 0.6 is 15.9 Å². The lowest BCUT2D eigenvalue weighted by molar-refractivity contribution is -0.136. The molecule has 0 aliphatic heterocycles. The lowest BCUT2D eigenvalue weighted by Crippen LogP contribution is -2.40. The fraction of sp³-hybridized carbons (Fsp3) is 0.0800. The van der Waals surface area contributed by atoms with Crippen LogP contribution in [0.4, 0.5) is 10.1 Å². The van der Waals surface area contributed by atoms with E-state index in [1.54, 1.807) is 30.3 Å². The number of nitrogens with one attached hydrogen (secondary N) is 3. The summed E-state index contributed by atoms with van der Waals surface area (Å²) in [6.45, 7) is 0.274. The number of para-hydroxylation sites is 1. The van der Waals surface area contributed by atoms with Gasteiger partial charge in [-0.25, -0.2) is 9.07 Å². The van der Waals surface area contributed by atoms with E-state index >= 15 is 0 Å². The van der Waals surface area contributed by atoms with Crippen molar-refractivity contribution in [1.29, 1.82) is 0 Å². The third-order valence-electron chi connectivity index (χ3n) is 5.08. The van der Waals surface area contributed by atoms with Gasteiger partial charge in [0.15, 0.2) is 0 Å². The summed E-state index contributed by atoms with van der Waals surface area (Å²) in [7, 11) is 0. The van der Waals surface area contributed by atoms with Crippen molar-refractivity contribution >= 4 is 50.2 Å². The van der Waals surface area contributed by atoms with Crippen LogP contribution in [0.2, 0.25) is 0 Å². The molecule has 1 aromatic heterocycles. The van der Waals surface area contributed by atoms with E-state index in [1.165, 1.54) is 22.9 Å². The lowest BCUT2D eigenvalue weighted by atomic mass is 10.1. The number of halogens is 2. The summed E-state index contributed by atoms with van der Waals surface area (Å²) in [6, 6.07) is 22.0. The highest BCUT2D eigenvalue weighted by Gasteiger charge is 2.21. The third kappa shape index (κ3) is 5.32. The van der Waals surface area contributed by atoms with Crippen molar-refractivity contribution in [2.24, 2.45) is 0 Å². The number of anilines is 1. The minimum absolute atomic E-state index is 0.00420. The van der Waals surface area contributed by atoms with Gasteiger partial charge in [-0.2, -0.15) is 0 Å². The zero-order chi connectivity index (χ0) is 24.1. The standard InChI is InChI=1S/C25H20BrFN4O3/c26-18-10-11-21-17(14-18)15-22(23(32)29-20-9-5-4-8-19(20)27)31(21)30-25(34)24(33)28-13-12-16-6-2-1-3-7-16/h1-11,14-15H,12-13H2,(H,28,33)(H,29,32)(H,30,34). The van der Waals surface area contributed by atoms with Crippen LogP contribution in [0.25, 0.3) is 10.9 Å². The van der Waals surface area contributed by atoms with Crippen molar-refractivity contribution in [1.82, 2.24) is 9.99 Å². The Kier molecular flexibility index (Phi) is 7.03. The number of carbonyl (C=O) groups is 3. The summed E-state index contributed by atoms with van der Waals surface area (Å²) in [5.74, 6) is -3.02. The summed E-state index contributed by atoms with van der Waals surface area (Å²) in [5, 5.41) is 5.71. The average Bonchev–Trinajstić information content (AvgIpc) is 3.18. The molecule has 7 nitrogen and oxygen atoms in total. The van der Waals surface area contributed by atoms with Crippen molar-refractivity contribution in [3.05, 3.63) is 100 Å². The van der Waals surface area contributed by atoms with Crippen molar-refractivity contribution in [2.45, 2.75) is 6.42 Å². The first-order valence-electron chi connectivity index (χ1n) is 10.4. The van der Waals surface area contributed by atoms with Crippen molar-refractivity contribution in [2.75, 3.05) is 17.3 Å². The van der Waals surface area contributed by atoms with Crippen LogP contribution in [0.1, 0.15) is 16.1 Å². The van der Waals surface area contributed by atoms with Gasteiger partial charge >= 0.3 is 11.8 Å². The zero-order valence-corrected chi connectivity index (χ0v) is 19.4. The molecule has 4 aromatic rings. The Labute approximate surface area is 203 Å². The molecule has 0 bridgehead atoms. The highest BCUT2D eigenvalue weighted by Crippen LogP contribution is 2.24. The maximum absolute atomic E-state index is 14.0. The molecule has 3 amide bonds. The van der Waals surface area contributed by atoms with Crippen molar-refractivity contribution < 1.29 is 18.8 Å². The fourth-order valence-corrected chi connectivity index (χ4v) is 3.80. The highest BCUT2D eigenvalue weighted by molar-refractivity contribution is 9.10. The number of hydrogen-bond donors (Lipinski definition) is 3. The molecule has 0 aliphatic carbocycles. The normalized spacial score (nSPS) is 10.6. The molecule has 0 spiro atoms. The van der Waals surface area contributed by atoms with Crippen LogP contribution in [0.3, 0.4) is 0 Å². The molecule has 0 fully saturated rings. The number of nitrogens with zero attached hydrogens (tertiary/aromatic N) is 1. The quantitative estimate of drug-likeness (QED) is 0.331. The van der Waals surface area contributed by atoms with E-state index in [0.717, 1.165) is 10.0 Å². The first kappa shape index (κ1) is 23.2. The van der Waals surface area contributed by atoms with E-state index in [2.05, 4.69) is 32.0 Å². The Morgan fingerprint density at radius 2 is 1.62 bits per heavy atom. The molecule has 0 aliphatic rings. The van der Waals surface area contributed by atoms with E-state index in [1.807, 2.05) is 30.3 Å². The third-order valence-corrected chi connectivity index (χ3v) is 5.57. The Morgan fingerprint density at radius 3 is 2.38 bits per heavy atom. The van der Waals surface area contributed by atoms with Crippen LogP contribution in [0, 0.1) is 5.82 Å². The Bertz CT molecular complexity index is 1370. The smallest absolute Gasteiger partial charge is 0.328 e. The largest absolute Gasteiger partial charge is 0.347 e. The van der Waals surface area contributed by atoms with Gasteiger partial charge in [-0.15, -0.1) is 0 Å². The van der Waals surface area contributed by atoms with Gasteiger partial charge in [0, 0.05) is 16.4 Å². The second kappa shape index (κ2) is 10.3. The molecule has 172 valence electrons. The molecule has 0 saturated heterocycles. The van der Waals surface area contributed by atoms with Gasteiger partial charge in [0.05, 0.1) is 11.2 Å². The molecule has 0 atom stereocenters. The summed E-state index contributed by atoms with van der Waals surface area (Å²) in [6.07, 6.45) is 0.566. The number of benzene rings is 3. The molecule has 1 heterocycles. The number of hydrogen-bond acceptors (Lipinski definition) is 3. The molecule has 0 unspecified atom stereocenters. The number of rotatable bonds is 6. The van der Waals surface area contributed by atoms with E-state index in [4.69, 9.17) is 0 Å². The van der Waals surface area contributed by atoms with Crippen LogP contribution in [-0.2, 0) is 16.0 Å². The number of amides is 3. The molecule has 0 saturated carbocycles. The summed E-state index contributed by atoms with van der Waals surface area (Å²) in [4.78, 5) is 37.9. The van der Waals surface area contributed by atoms with E-state index < -0.39 is 23.5 Å². The van der Waals surface area contributed by atoms with E-state index in [-0.39, 0.29) is 17.9 Å². The summed E-state index contributed by atoms with van der Waals surface area (Å²) >= 11 is 3.38. The predicted molar refractivity (Wildman–Crippen MR) is 132 cm³/mol. The second-order valence-corrected chi connectivity index (χ2v) is 8.35. The molecule has 3 N–H and O–H groups in total. The molecule has 3 aromatic carbocycles. The minimum Gasteiger partial charge on any atom is -0.347 e. The summed E-state index contributed by atoms with van der Waals surface area (Å²) in [5.41, 5.74) is 4.02. The SMILES string of the molecule is O=C(NCCc1ccccc1)C(=O)Nn1c(C(=O)Nc2ccccc2F)cc2cc(Br)ccc21. The van der Waals surface area contributed by atoms with Gasteiger partial charge in [0.1, 0.15) is 11.5 Å². The monoisotopic (exact) mass is 522 g/mol. The Hall–Kier alpha value is -3.98. The van der Waals surface area contributed by atoms with Crippen molar-refractivity contribution in [3.8, 4) is 0 Å². The van der Waals surface area contributed by atoms with Gasteiger partial charge in [-0.05, 0) is 48.4 Å². The van der Waals surface area contributed by atoms with Gasteiger partial charge in [-0.3, -0.25) is 19.8 Å².